The van der Waals surface area contributed by atoms with E-state index in [4.69, 9.17) is 0 Å². The number of nitrogens with zero attached hydrogens (tertiary/aromatic N) is 1. The first-order chi connectivity index (χ1) is 10.7. The highest BCUT2D eigenvalue weighted by molar-refractivity contribution is 5.85. The molecule has 0 spiro atoms. The van der Waals surface area contributed by atoms with E-state index in [1.54, 1.807) is 0 Å². The van der Waals surface area contributed by atoms with E-state index in [2.05, 4.69) is 64.6 Å². The number of hydrogen-bond donors (Lipinski definition) is 0. The first-order valence-corrected chi connectivity index (χ1v) is 8.02. The lowest BCUT2D eigenvalue weighted by molar-refractivity contribution is 0.411. The zero-order valence-electron chi connectivity index (χ0n) is 14.8. The number of allylic oxidation sites excluding steroid dienone is 1. The summed E-state index contributed by atoms with van der Waals surface area (Å²) in [6.07, 6.45) is 0.958. The van der Waals surface area contributed by atoms with Gasteiger partial charge in [0.1, 0.15) is 0 Å². The summed E-state index contributed by atoms with van der Waals surface area (Å²) < 4.78 is 0. The maximum atomic E-state index is 9.60. The summed E-state index contributed by atoms with van der Waals surface area (Å²) in [5, 5.41) is 9.60. The molecule has 0 fully saturated rings. The van der Waals surface area contributed by atoms with E-state index in [9.17, 15) is 5.26 Å². The van der Waals surface area contributed by atoms with Gasteiger partial charge in [0.15, 0.2) is 0 Å². The molecule has 0 atom stereocenters. The molecule has 0 saturated carbocycles. The largest absolute Gasteiger partial charge is 0.192 e. The van der Waals surface area contributed by atoms with E-state index in [1.165, 1.54) is 11.1 Å². The van der Waals surface area contributed by atoms with Crippen molar-refractivity contribution < 1.29 is 0 Å². The van der Waals surface area contributed by atoms with E-state index in [-0.39, 0.29) is 5.41 Å². The maximum absolute atomic E-state index is 9.60. The monoisotopic (exact) mass is 303 g/mol. The van der Waals surface area contributed by atoms with Crippen molar-refractivity contribution in [2.75, 3.05) is 0 Å². The third-order valence-corrected chi connectivity index (χ3v) is 3.87. The Kier molecular flexibility index (Phi) is 4.76. The van der Waals surface area contributed by atoms with Crippen molar-refractivity contribution in [2.45, 2.75) is 41.0 Å². The molecule has 0 N–H and O–H groups in total. The van der Waals surface area contributed by atoms with E-state index in [0.29, 0.717) is 5.56 Å². The Balaban J connectivity index is 2.79. The summed E-state index contributed by atoms with van der Waals surface area (Å²) in [7, 11) is 0. The van der Waals surface area contributed by atoms with Crippen molar-refractivity contribution >= 4 is 5.57 Å². The molecule has 2 aromatic rings. The Morgan fingerprint density at radius 3 is 2.39 bits per heavy atom. The van der Waals surface area contributed by atoms with Gasteiger partial charge in [0, 0.05) is 5.56 Å². The lowest BCUT2D eigenvalue weighted by Crippen LogP contribution is -2.11. The Hall–Kier alpha value is -2.33. The van der Waals surface area contributed by atoms with Gasteiger partial charge in [0.05, 0.1) is 11.6 Å². The number of nitriles is 1. The molecule has 2 rings (SSSR count). The number of rotatable bonds is 3. The lowest BCUT2D eigenvalue weighted by Gasteiger charge is -2.23. The predicted molar refractivity (Wildman–Crippen MR) is 99.2 cm³/mol. The highest BCUT2D eigenvalue weighted by Crippen LogP contribution is 2.36. The molecule has 1 heteroatoms. The third-order valence-electron chi connectivity index (χ3n) is 3.87. The number of aryl methyl sites for hydroxylation is 1. The Morgan fingerprint density at radius 2 is 1.87 bits per heavy atom. The minimum Gasteiger partial charge on any atom is -0.192 e. The second kappa shape index (κ2) is 6.42. The second-order valence-electron chi connectivity index (χ2n) is 7.52. The molecule has 0 aliphatic rings. The fraction of sp³-hybridized carbons (Fsp3) is 0.318. The molecule has 0 amide bonds. The molecule has 0 aliphatic carbocycles. The molecule has 2 aromatic carbocycles. The van der Waals surface area contributed by atoms with Crippen LogP contribution in [0.4, 0.5) is 0 Å². The molecule has 1 nitrogen and oxygen atoms in total. The summed E-state index contributed by atoms with van der Waals surface area (Å²) in [5.74, 6) is 0. The highest BCUT2D eigenvalue weighted by Gasteiger charge is 2.20. The van der Waals surface area contributed by atoms with Gasteiger partial charge in [-0.15, -0.1) is 0 Å². The minimum absolute atomic E-state index is 0.183. The topological polar surface area (TPSA) is 23.8 Å². The Morgan fingerprint density at radius 1 is 1.17 bits per heavy atom. The average Bonchev–Trinajstić information content (AvgIpc) is 2.44. The smallest absolute Gasteiger partial charge is 0.0998 e. The molecule has 0 radical (unpaired) electrons. The van der Waals surface area contributed by atoms with Gasteiger partial charge in [-0.1, -0.05) is 68.8 Å². The van der Waals surface area contributed by atoms with Crippen LogP contribution in [0.15, 0.2) is 43.0 Å². The van der Waals surface area contributed by atoms with Crippen LogP contribution in [0.1, 0.15) is 49.9 Å². The van der Waals surface area contributed by atoms with Crippen LogP contribution in [0.2, 0.25) is 0 Å². The van der Waals surface area contributed by atoms with Gasteiger partial charge in [-0.3, -0.25) is 0 Å². The van der Waals surface area contributed by atoms with Gasteiger partial charge in [0.25, 0.3) is 0 Å². The van der Waals surface area contributed by atoms with Crippen LogP contribution in [0.3, 0.4) is 0 Å². The van der Waals surface area contributed by atoms with Crippen LogP contribution in [0, 0.1) is 23.7 Å². The zero-order valence-corrected chi connectivity index (χ0v) is 14.8. The quantitative estimate of drug-likeness (QED) is 0.666. The third kappa shape index (κ3) is 3.90. The van der Waals surface area contributed by atoms with Gasteiger partial charge in [-0.25, -0.2) is 0 Å². The summed E-state index contributed by atoms with van der Waals surface area (Å²) in [6.45, 7) is 15.0. The SMILES string of the molecule is C=C(C)c1c(CC(C)(C)C)ccc(C#N)c1-c1cccc(C)c1. The first-order valence-electron chi connectivity index (χ1n) is 8.02. The normalized spacial score (nSPS) is 11.1. The molecular formula is C22H25N. The highest BCUT2D eigenvalue weighted by atomic mass is 14.3. The van der Waals surface area contributed by atoms with Gasteiger partial charge in [-0.05, 0) is 48.4 Å². The van der Waals surface area contributed by atoms with Crippen LogP contribution >= 0.6 is 0 Å². The predicted octanol–water partition coefficient (Wildman–Crippen LogP) is 6.16. The van der Waals surface area contributed by atoms with Crippen LogP contribution < -0.4 is 0 Å². The standard InChI is InChI=1S/C22H25N/c1-15(2)20-18(13-22(4,5)6)10-11-19(14-23)21(20)17-9-7-8-16(3)12-17/h7-12H,1,13H2,2-6H3. The summed E-state index contributed by atoms with van der Waals surface area (Å²) in [6, 6.07) is 14.7. The molecular weight excluding hydrogens is 278 g/mol. The van der Waals surface area contributed by atoms with E-state index in [1.807, 2.05) is 19.1 Å². The maximum Gasteiger partial charge on any atom is 0.0998 e. The molecule has 0 aromatic heterocycles. The van der Waals surface area contributed by atoms with Crippen molar-refractivity contribution in [2.24, 2.45) is 5.41 Å². The van der Waals surface area contributed by atoms with Crippen LogP contribution in [-0.4, -0.2) is 0 Å². The van der Waals surface area contributed by atoms with Crippen molar-refractivity contribution in [1.29, 1.82) is 5.26 Å². The molecule has 0 aliphatic heterocycles. The van der Waals surface area contributed by atoms with Gasteiger partial charge in [-0.2, -0.15) is 5.26 Å². The average molecular weight is 303 g/mol. The molecule has 118 valence electrons. The Labute approximate surface area is 140 Å². The second-order valence-corrected chi connectivity index (χ2v) is 7.52. The Bertz CT molecular complexity index is 783. The van der Waals surface area contributed by atoms with E-state index >= 15 is 0 Å². The fourth-order valence-electron chi connectivity index (χ4n) is 3.05. The van der Waals surface area contributed by atoms with Crippen LogP contribution in [-0.2, 0) is 6.42 Å². The molecule has 0 saturated heterocycles. The van der Waals surface area contributed by atoms with Crippen LogP contribution in [0.5, 0.6) is 0 Å². The molecule has 23 heavy (non-hydrogen) atoms. The van der Waals surface area contributed by atoms with E-state index < -0.39 is 0 Å². The minimum atomic E-state index is 0.183. The first kappa shape index (κ1) is 17.0. The molecule has 0 heterocycles. The van der Waals surface area contributed by atoms with Crippen LogP contribution in [0.25, 0.3) is 16.7 Å². The van der Waals surface area contributed by atoms with Gasteiger partial charge in [0.2, 0.25) is 0 Å². The number of hydrogen-bond acceptors (Lipinski definition) is 1. The molecule has 0 unspecified atom stereocenters. The fourth-order valence-corrected chi connectivity index (χ4v) is 3.05. The lowest BCUT2D eigenvalue weighted by atomic mass is 9.81. The van der Waals surface area contributed by atoms with Crippen molar-refractivity contribution in [3.05, 3.63) is 65.2 Å². The molecule has 0 bridgehead atoms. The van der Waals surface area contributed by atoms with E-state index in [0.717, 1.165) is 28.7 Å². The van der Waals surface area contributed by atoms with Crippen molar-refractivity contribution in [1.82, 2.24) is 0 Å². The zero-order chi connectivity index (χ0) is 17.2. The number of benzene rings is 2. The summed E-state index contributed by atoms with van der Waals surface area (Å²) >= 11 is 0. The van der Waals surface area contributed by atoms with Gasteiger partial charge >= 0.3 is 0 Å². The van der Waals surface area contributed by atoms with Crippen molar-refractivity contribution in [3.8, 4) is 17.2 Å². The summed E-state index contributed by atoms with van der Waals surface area (Å²) in [4.78, 5) is 0. The van der Waals surface area contributed by atoms with Gasteiger partial charge < -0.3 is 0 Å². The van der Waals surface area contributed by atoms with Crippen molar-refractivity contribution in [3.63, 3.8) is 0 Å². The summed E-state index contributed by atoms with van der Waals surface area (Å²) in [5.41, 5.74) is 7.61.